The summed E-state index contributed by atoms with van der Waals surface area (Å²) in [5.41, 5.74) is 2.12. The van der Waals surface area contributed by atoms with Crippen LogP contribution in [0.5, 0.6) is 0 Å². The van der Waals surface area contributed by atoms with Gasteiger partial charge in [-0.2, -0.15) is 0 Å². The van der Waals surface area contributed by atoms with Crippen LogP contribution in [0.4, 0.5) is 0 Å². The van der Waals surface area contributed by atoms with Crippen molar-refractivity contribution in [1.29, 1.82) is 0 Å². The van der Waals surface area contributed by atoms with Gasteiger partial charge in [-0.1, -0.05) is 11.8 Å². The van der Waals surface area contributed by atoms with E-state index in [0.29, 0.717) is 6.54 Å². The van der Waals surface area contributed by atoms with Gasteiger partial charge in [-0.15, -0.1) is 21.5 Å². The fourth-order valence-electron chi connectivity index (χ4n) is 2.53. The molecule has 24 heavy (non-hydrogen) atoms. The first-order valence-electron chi connectivity index (χ1n) is 7.36. The largest absolute Gasteiger partial charge is 0.467 e. The van der Waals surface area contributed by atoms with Crippen molar-refractivity contribution in [1.82, 2.24) is 19.9 Å². The van der Waals surface area contributed by atoms with Crippen molar-refractivity contribution in [3.63, 3.8) is 0 Å². The molecular formula is C16H14N4O2S2. The monoisotopic (exact) mass is 358 g/mol. The van der Waals surface area contributed by atoms with Crippen molar-refractivity contribution in [3.8, 4) is 0 Å². The maximum Gasteiger partial charge on any atom is 0.230 e. The van der Waals surface area contributed by atoms with Crippen LogP contribution in [0.2, 0.25) is 0 Å². The maximum absolute atomic E-state index is 12.0. The number of aromatic nitrogens is 3. The number of carbonyl (C=O) groups is 1. The zero-order chi connectivity index (χ0) is 16.5. The van der Waals surface area contributed by atoms with Crippen LogP contribution in [0.1, 0.15) is 11.6 Å². The van der Waals surface area contributed by atoms with E-state index in [2.05, 4.69) is 37.4 Å². The lowest BCUT2D eigenvalue weighted by molar-refractivity contribution is -0.118. The topological polar surface area (TPSA) is 72.4 Å². The lowest BCUT2D eigenvalue weighted by atomic mass is 10.4. The minimum absolute atomic E-state index is 0.0645. The molecule has 0 spiro atoms. The van der Waals surface area contributed by atoms with Crippen LogP contribution in [0.15, 0.2) is 45.4 Å². The van der Waals surface area contributed by atoms with Crippen LogP contribution >= 0.6 is 23.1 Å². The Morgan fingerprint density at radius 2 is 2.29 bits per heavy atom. The number of hydrogen-bond acceptors (Lipinski definition) is 6. The summed E-state index contributed by atoms with van der Waals surface area (Å²) in [7, 11) is 0. The lowest BCUT2D eigenvalue weighted by Gasteiger charge is -2.06. The molecule has 4 rings (SSSR count). The molecule has 0 atom stereocenters. The van der Waals surface area contributed by atoms with E-state index < -0.39 is 0 Å². The fraction of sp³-hybridized carbons (Fsp3) is 0.188. The summed E-state index contributed by atoms with van der Waals surface area (Å²) in [6.45, 7) is 2.32. The van der Waals surface area contributed by atoms with Crippen molar-refractivity contribution in [2.75, 3.05) is 5.75 Å². The molecule has 0 radical (unpaired) electrons. The van der Waals surface area contributed by atoms with Gasteiger partial charge in [0.05, 0.1) is 34.3 Å². The van der Waals surface area contributed by atoms with Gasteiger partial charge in [-0.05, 0) is 36.6 Å². The molecule has 8 heteroatoms. The zero-order valence-electron chi connectivity index (χ0n) is 12.9. The number of amides is 1. The van der Waals surface area contributed by atoms with E-state index in [1.807, 2.05) is 13.0 Å². The molecule has 122 valence electrons. The summed E-state index contributed by atoms with van der Waals surface area (Å²) in [6.07, 6.45) is 1.59. The van der Waals surface area contributed by atoms with E-state index in [1.165, 1.54) is 16.5 Å². The highest BCUT2D eigenvalue weighted by molar-refractivity contribution is 8.00. The van der Waals surface area contributed by atoms with Crippen molar-refractivity contribution in [2.45, 2.75) is 18.5 Å². The van der Waals surface area contributed by atoms with E-state index in [4.69, 9.17) is 4.42 Å². The number of aryl methyl sites for hydroxylation is 1. The normalized spacial score (nSPS) is 11.4. The third-order valence-corrected chi connectivity index (χ3v) is 5.45. The van der Waals surface area contributed by atoms with Gasteiger partial charge in [-0.25, -0.2) is 0 Å². The fourth-order valence-corrected chi connectivity index (χ4v) is 4.10. The van der Waals surface area contributed by atoms with Crippen molar-refractivity contribution < 1.29 is 9.21 Å². The Morgan fingerprint density at radius 1 is 1.38 bits per heavy atom. The number of nitrogens with zero attached hydrogens (tertiary/aromatic N) is 3. The molecule has 0 aromatic carbocycles. The maximum atomic E-state index is 12.0. The van der Waals surface area contributed by atoms with Crippen LogP contribution in [0, 0.1) is 6.92 Å². The summed E-state index contributed by atoms with van der Waals surface area (Å²) >= 11 is 3.08. The number of nitrogens with one attached hydrogen (secondary N) is 1. The predicted molar refractivity (Wildman–Crippen MR) is 94.4 cm³/mol. The van der Waals surface area contributed by atoms with Crippen LogP contribution in [0.3, 0.4) is 0 Å². The Labute approximate surface area is 145 Å². The standard InChI is InChI=1S/C16H14N4O2S2/c1-10-18-19-16(13-7-14-12(20(10)13)4-6-23-14)24-9-15(21)17-8-11-3-2-5-22-11/h2-7H,8-9H2,1H3,(H,17,21). The minimum Gasteiger partial charge on any atom is -0.467 e. The zero-order valence-corrected chi connectivity index (χ0v) is 14.5. The second-order valence-electron chi connectivity index (χ2n) is 5.23. The molecule has 4 aromatic heterocycles. The molecule has 1 N–H and O–H groups in total. The molecule has 0 aliphatic carbocycles. The van der Waals surface area contributed by atoms with Crippen molar-refractivity contribution >= 4 is 44.7 Å². The highest BCUT2D eigenvalue weighted by Crippen LogP contribution is 2.30. The molecule has 0 aliphatic rings. The van der Waals surface area contributed by atoms with Crippen molar-refractivity contribution in [2.24, 2.45) is 0 Å². The van der Waals surface area contributed by atoms with E-state index in [9.17, 15) is 4.79 Å². The van der Waals surface area contributed by atoms with Gasteiger partial charge in [0.25, 0.3) is 0 Å². The van der Waals surface area contributed by atoms with Crippen LogP contribution in [-0.4, -0.2) is 26.3 Å². The Kier molecular flexibility index (Phi) is 3.99. The molecule has 0 fully saturated rings. The molecule has 6 nitrogen and oxygen atoms in total. The number of fused-ring (bicyclic) bond motifs is 3. The smallest absolute Gasteiger partial charge is 0.230 e. The Hall–Kier alpha value is -2.32. The van der Waals surface area contributed by atoms with E-state index in [0.717, 1.165) is 27.6 Å². The SMILES string of the molecule is Cc1nnc(SCC(=O)NCc2ccco2)c2cc3sccc3n12. The van der Waals surface area contributed by atoms with E-state index in [-0.39, 0.29) is 11.7 Å². The first kappa shape index (κ1) is 15.2. The quantitative estimate of drug-likeness (QED) is 0.555. The summed E-state index contributed by atoms with van der Waals surface area (Å²) in [5, 5.41) is 14.1. The number of thiophene rings is 1. The van der Waals surface area contributed by atoms with Crippen LogP contribution in [-0.2, 0) is 11.3 Å². The van der Waals surface area contributed by atoms with Gasteiger partial charge in [-0.3, -0.25) is 9.20 Å². The number of carbonyl (C=O) groups excluding carboxylic acids is 1. The summed E-state index contributed by atoms with van der Waals surface area (Å²) in [4.78, 5) is 12.0. The molecular weight excluding hydrogens is 344 g/mol. The lowest BCUT2D eigenvalue weighted by Crippen LogP contribution is -2.24. The molecule has 0 saturated carbocycles. The average Bonchev–Trinajstić information content (AvgIpc) is 3.28. The first-order valence-corrected chi connectivity index (χ1v) is 9.23. The highest BCUT2D eigenvalue weighted by atomic mass is 32.2. The van der Waals surface area contributed by atoms with Gasteiger partial charge in [0.15, 0.2) is 0 Å². The summed E-state index contributed by atoms with van der Waals surface area (Å²) in [6, 6.07) is 7.81. The minimum atomic E-state index is -0.0645. The molecule has 0 unspecified atom stereocenters. The molecule has 4 heterocycles. The van der Waals surface area contributed by atoms with Gasteiger partial charge < -0.3 is 9.73 Å². The third kappa shape index (κ3) is 2.78. The van der Waals surface area contributed by atoms with Gasteiger partial charge in [0.1, 0.15) is 16.6 Å². The third-order valence-electron chi connectivity index (χ3n) is 3.63. The Balaban J connectivity index is 1.50. The van der Waals surface area contributed by atoms with E-state index in [1.54, 1.807) is 23.7 Å². The van der Waals surface area contributed by atoms with Gasteiger partial charge >= 0.3 is 0 Å². The number of thioether (sulfide) groups is 1. The van der Waals surface area contributed by atoms with E-state index >= 15 is 0 Å². The van der Waals surface area contributed by atoms with Crippen LogP contribution in [0.25, 0.3) is 15.7 Å². The molecule has 1 amide bonds. The van der Waals surface area contributed by atoms with Gasteiger partial charge in [0.2, 0.25) is 5.91 Å². The predicted octanol–water partition coefficient (Wildman–Crippen LogP) is 3.25. The molecule has 0 bridgehead atoms. The van der Waals surface area contributed by atoms with Gasteiger partial charge in [0, 0.05) is 0 Å². The second kappa shape index (κ2) is 6.29. The molecule has 4 aromatic rings. The Morgan fingerprint density at radius 3 is 3.12 bits per heavy atom. The summed E-state index contributed by atoms with van der Waals surface area (Å²) in [5.74, 6) is 1.79. The number of furan rings is 1. The number of hydrogen-bond donors (Lipinski definition) is 1. The first-order chi connectivity index (χ1) is 11.7. The average molecular weight is 358 g/mol. The second-order valence-corrected chi connectivity index (χ2v) is 7.14. The molecule has 0 aliphatic heterocycles. The molecule has 0 saturated heterocycles. The van der Waals surface area contributed by atoms with Crippen molar-refractivity contribution in [3.05, 3.63) is 47.5 Å². The Bertz CT molecular complexity index is 1000. The highest BCUT2D eigenvalue weighted by Gasteiger charge is 2.14. The van der Waals surface area contributed by atoms with Crippen LogP contribution < -0.4 is 5.32 Å². The number of rotatable bonds is 5. The summed E-state index contributed by atoms with van der Waals surface area (Å²) < 4.78 is 8.47.